The number of aliphatic carboxylic acids is 1. The molecule has 2 saturated heterocycles. The number of carboxylic acid groups (broad SMARTS) is 1. The van der Waals surface area contributed by atoms with Crippen LogP contribution in [0.25, 0.3) is 10.9 Å². The van der Waals surface area contributed by atoms with E-state index in [1.807, 2.05) is 13.0 Å². The fraction of sp³-hybridized carbons (Fsp3) is 0.583. The molecular formula is C36H46N6O9. The molecule has 274 valence electrons. The van der Waals surface area contributed by atoms with Crippen molar-refractivity contribution in [2.24, 2.45) is 5.92 Å². The molecule has 0 bridgehead atoms. The smallest absolute Gasteiger partial charge is 0.409 e. The van der Waals surface area contributed by atoms with Gasteiger partial charge in [0.1, 0.15) is 23.5 Å². The van der Waals surface area contributed by atoms with Crippen molar-refractivity contribution in [1.29, 1.82) is 0 Å². The van der Waals surface area contributed by atoms with Crippen LogP contribution < -0.4 is 15.4 Å². The van der Waals surface area contributed by atoms with Gasteiger partial charge >= 0.3 is 12.1 Å². The molecule has 1 aromatic carbocycles. The largest absolute Gasteiger partial charge is 0.483 e. The summed E-state index contributed by atoms with van der Waals surface area (Å²) in [4.78, 5) is 86.6. The lowest BCUT2D eigenvalue weighted by atomic mass is 9.93. The van der Waals surface area contributed by atoms with Crippen molar-refractivity contribution in [3.63, 3.8) is 0 Å². The molecule has 2 aliphatic heterocycles. The summed E-state index contributed by atoms with van der Waals surface area (Å²) in [7, 11) is 0. The molecule has 5 amide bonds. The van der Waals surface area contributed by atoms with Crippen LogP contribution in [-0.4, -0.2) is 125 Å². The van der Waals surface area contributed by atoms with Gasteiger partial charge in [-0.2, -0.15) is 0 Å². The normalized spacial score (nSPS) is 19.6. The molecule has 51 heavy (non-hydrogen) atoms. The van der Waals surface area contributed by atoms with Crippen LogP contribution in [0.2, 0.25) is 0 Å². The van der Waals surface area contributed by atoms with E-state index in [-0.39, 0.29) is 74.9 Å². The van der Waals surface area contributed by atoms with Crippen LogP contribution in [0.5, 0.6) is 5.75 Å². The van der Waals surface area contributed by atoms with Crippen molar-refractivity contribution >= 4 is 46.6 Å². The number of rotatable bonds is 13. The lowest BCUT2D eigenvalue weighted by Gasteiger charge is -2.36. The maximum Gasteiger partial charge on any atom is 0.409 e. The van der Waals surface area contributed by atoms with Gasteiger partial charge in [0.15, 0.2) is 6.61 Å². The number of benzene rings is 1. The minimum Gasteiger partial charge on any atom is -0.483 e. The van der Waals surface area contributed by atoms with E-state index in [0.717, 1.165) is 37.7 Å². The number of amides is 5. The van der Waals surface area contributed by atoms with Crippen LogP contribution >= 0.6 is 0 Å². The summed E-state index contributed by atoms with van der Waals surface area (Å²) in [5.74, 6) is -2.13. The predicted molar refractivity (Wildman–Crippen MR) is 183 cm³/mol. The second kappa shape index (κ2) is 15.9. The molecular weight excluding hydrogens is 660 g/mol. The third-order valence-corrected chi connectivity index (χ3v) is 10.1. The summed E-state index contributed by atoms with van der Waals surface area (Å²) in [5.41, 5.74) is 1.23. The first kappa shape index (κ1) is 35.9. The number of nitrogens with one attached hydrogen (secondary N) is 2. The lowest BCUT2D eigenvalue weighted by molar-refractivity contribution is -0.140. The first-order valence-electron chi connectivity index (χ1n) is 17.9. The molecule has 0 unspecified atom stereocenters. The van der Waals surface area contributed by atoms with Gasteiger partial charge in [-0.15, -0.1) is 0 Å². The van der Waals surface area contributed by atoms with E-state index >= 15 is 0 Å². The van der Waals surface area contributed by atoms with E-state index in [2.05, 4.69) is 15.6 Å². The van der Waals surface area contributed by atoms with E-state index in [4.69, 9.17) is 9.47 Å². The number of likely N-dealkylation sites (tertiary alicyclic amines) is 1. The van der Waals surface area contributed by atoms with Gasteiger partial charge in [-0.05, 0) is 81.9 Å². The van der Waals surface area contributed by atoms with Crippen LogP contribution in [-0.2, 0) is 23.9 Å². The SMILES string of the molecule is Cc1ccc2c(OCC(=O)N3CCC[C@H]3C(=O)NC3CCC3)cc(C(=O)N[C@@H](CCC(=O)O)C(=O)N3CCN(C(=O)OCC4CC4)CC3)nc2c1. The van der Waals surface area contributed by atoms with Crippen molar-refractivity contribution < 1.29 is 43.3 Å². The van der Waals surface area contributed by atoms with Gasteiger partial charge in [0.2, 0.25) is 11.8 Å². The molecule has 15 nitrogen and oxygen atoms in total. The second-order valence-electron chi connectivity index (χ2n) is 14.0. The maximum absolute atomic E-state index is 13.7. The number of hydrogen-bond acceptors (Lipinski definition) is 9. The maximum atomic E-state index is 13.7. The number of aromatic nitrogens is 1. The Morgan fingerprint density at radius 1 is 0.941 bits per heavy atom. The van der Waals surface area contributed by atoms with E-state index in [9.17, 15) is 33.9 Å². The Hall–Kier alpha value is -4.95. The van der Waals surface area contributed by atoms with Crippen LogP contribution in [0.4, 0.5) is 4.79 Å². The standard InChI is InChI=1S/C36H46N6O9/c1-22-7-10-25-27(18-22)38-28(19-30(25)50-21-31(43)42-13-3-6-29(42)34(47)37-24-4-2-5-24)33(46)39-26(11-12-32(44)45)35(48)40-14-16-41(17-15-40)36(49)51-20-23-8-9-23/h7,10,18-19,23-24,26,29H,2-6,8-9,11-17,20-21H2,1H3,(H,37,47)(H,39,46)(H,44,45)/t26-,29-/m0/s1. The third kappa shape index (κ3) is 9.05. The number of carbonyl (C=O) groups is 6. The summed E-state index contributed by atoms with van der Waals surface area (Å²) < 4.78 is 11.4. The van der Waals surface area contributed by atoms with Gasteiger partial charge < -0.3 is 39.9 Å². The van der Waals surface area contributed by atoms with Crippen molar-refractivity contribution in [3.05, 3.63) is 35.5 Å². The van der Waals surface area contributed by atoms with Gasteiger partial charge in [0.05, 0.1) is 12.1 Å². The Morgan fingerprint density at radius 3 is 2.37 bits per heavy atom. The first-order valence-corrected chi connectivity index (χ1v) is 17.9. The minimum absolute atomic E-state index is 0.0779. The summed E-state index contributed by atoms with van der Waals surface area (Å²) in [6.45, 7) is 3.26. The number of carboxylic acids is 1. The number of hydrogen-bond donors (Lipinski definition) is 3. The van der Waals surface area contributed by atoms with E-state index < -0.39 is 36.0 Å². The number of ether oxygens (including phenoxy) is 2. The highest BCUT2D eigenvalue weighted by molar-refractivity contribution is 5.99. The van der Waals surface area contributed by atoms with Crippen molar-refractivity contribution in [2.45, 2.75) is 82.8 Å². The second-order valence-corrected chi connectivity index (χ2v) is 14.0. The fourth-order valence-corrected chi connectivity index (χ4v) is 6.60. The van der Waals surface area contributed by atoms with Crippen molar-refractivity contribution in [3.8, 4) is 5.75 Å². The van der Waals surface area contributed by atoms with Crippen LogP contribution in [0.3, 0.4) is 0 Å². The Morgan fingerprint density at radius 2 is 1.69 bits per heavy atom. The Balaban J connectivity index is 1.12. The summed E-state index contributed by atoms with van der Waals surface area (Å²) in [6.07, 6.45) is 5.45. The first-order chi connectivity index (χ1) is 24.5. The van der Waals surface area contributed by atoms with Gasteiger partial charge in [0, 0.05) is 56.6 Å². The minimum atomic E-state index is -1.17. The molecule has 4 fully saturated rings. The number of aryl methyl sites for hydroxylation is 1. The van der Waals surface area contributed by atoms with Crippen molar-refractivity contribution in [1.82, 2.24) is 30.3 Å². The topological polar surface area (TPSA) is 188 Å². The van der Waals surface area contributed by atoms with E-state index in [0.29, 0.717) is 42.8 Å². The average Bonchev–Trinajstić information content (AvgIpc) is 3.81. The molecule has 2 atom stereocenters. The highest BCUT2D eigenvalue weighted by Crippen LogP contribution is 2.29. The van der Waals surface area contributed by atoms with Crippen molar-refractivity contribution in [2.75, 3.05) is 45.9 Å². The third-order valence-electron chi connectivity index (χ3n) is 10.1. The van der Waals surface area contributed by atoms with Gasteiger partial charge in [-0.25, -0.2) is 9.78 Å². The van der Waals surface area contributed by atoms with Crippen LogP contribution in [0.15, 0.2) is 24.3 Å². The molecule has 3 heterocycles. The quantitative estimate of drug-likeness (QED) is 0.279. The number of piperazine rings is 1. The zero-order valence-corrected chi connectivity index (χ0v) is 28.9. The number of carbonyl (C=O) groups excluding carboxylic acids is 5. The summed E-state index contributed by atoms with van der Waals surface area (Å²) >= 11 is 0. The lowest BCUT2D eigenvalue weighted by Crippen LogP contribution is -2.56. The zero-order valence-electron chi connectivity index (χ0n) is 28.9. The molecule has 0 spiro atoms. The van der Waals surface area contributed by atoms with E-state index in [1.54, 1.807) is 17.0 Å². The molecule has 2 aromatic rings. The monoisotopic (exact) mass is 706 g/mol. The molecule has 0 radical (unpaired) electrons. The fourth-order valence-electron chi connectivity index (χ4n) is 6.60. The van der Waals surface area contributed by atoms with Crippen LogP contribution in [0.1, 0.15) is 73.8 Å². The molecule has 2 saturated carbocycles. The predicted octanol–water partition coefficient (Wildman–Crippen LogP) is 2.24. The summed E-state index contributed by atoms with van der Waals surface area (Å²) in [5, 5.41) is 15.7. The number of fused-ring (bicyclic) bond motifs is 1. The Kier molecular flexibility index (Phi) is 11.2. The average molecular weight is 707 g/mol. The zero-order chi connectivity index (χ0) is 36.1. The van der Waals surface area contributed by atoms with Gasteiger partial charge in [-0.3, -0.25) is 24.0 Å². The molecule has 3 N–H and O–H groups in total. The van der Waals surface area contributed by atoms with E-state index in [1.165, 1.54) is 15.9 Å². The molecule has 1 aromatic heterocycles. The van der Waals surface area contributed by atoms with Crippen LogP contribution in [0, 0.1) is 12.8 Å². The molecule has 6 rings (SSSR count). The molecule has 4 aliphatic rings. The molecule has 2 aliphatic carbocycles. The molecule has 15 heteroatoms. The highest BCUT2D eigenvalue weighted by Gasteiger charge is 2.36. The number of pyridine rings is 1. The number of nitrogens with zero attached hydrogens (tertiary/aromatic N) is 4. The summed E-state index contributed by atoms with van der Waals surface area (Å²) in [6, 6.07) is 5.25. The van der Waals surface area contributed by atoms with Gasteiger partial charge in [-0.1, -0.05) is 6.07 Å². The highest BCUT2D eigenvalue weighted by atomic mass is 16.6. The Bertz CT molecular complexity index is 1670. The van der Waals surface area contributed by atoms with Gasteiger partial charge in [0.25, 0.3) is 11.8 Å². The Labute approximate surface area is 296 Å².